The van der Waals surface area contributed by atoms with Gasteiger partial charge in [-0.2, -0.15) is 5.10 Å². The maximum Gasteiger partial charge on any atom is 0.257 e. The number of carbonyl (C=O) groups excluding carboxylic acids is 2. The number of likely N-dealkylation sites (N-methyl/N-ethyl adjacent to an activating group) is 1. The van der Waals surface area contributed by atoms with Crippen molar-refractivity contribution in [2.45, 2.75) is 39.2 Å². The number of benzene rings is 1. The van der Waals surface area contributed by atoms with E-state index in [0.29, 0.717) is 23.2 Å². The molecule has 1 aromatic carbocycles. The fourth-order valence-electron chi connectivity index (χ4n) is 4.27. The molecule has 1 fully saturated rings. The molecule has 0 saturated carbocycles. The molecular formula is C28H32FN7O2. The summed E-state index contributed by atoms with van der Waals surface area (Å²) in [6, 6.07) is 8.12. The second-order valence-electron chi connectivity index (χ2n) is 10.3. The first-order chi connectivity index (χ1) is 18.1. The number of amides is 1. The smallest absolute Gasteiger partial charge is 0.257 e. The molecule has 4 aromatic rings. The minimum atomic E-state index is -0.283. The van der Waals surface area contributed by atoms with Crippen molar-refractivity contribution in [3.63, 3.8) is 0 Å². The van der Waals surface area contributed by atoms with Crippen molar-refractivity contribution < 1.29 is 14.0 Å². The van der Waals surface area contributed by atoms with Crippen molar-refractivity contribution in [3.05, 3.63) is 77.9 Å². The zero-order valence-electron chi connectivity index (χ0n) is 22.3. The van der Waals surface area contributed by atoms with Crippen LogP contribution in [0.4, 0.5) is 4.39 Å². The fraction of sp³-hybridized carbons (Fsp3) is 0.357. The minimum absolute atomic E-state index is 0.0174. The summed E-state index contributed by atoms with van der Waals surface area (Å²) in [5.74, 6) is -0.0295. The molecule has 1 aliphatic heterocycles. The Kier molecular flexibility index (Phi) is 7.91. The number of hydrogen-bond acceptors (Lipinski definition) is 7. The first-order valence-electron chi connectivity index (χ1n) is 12.5. The van der Waals surface area contributed by atoms with Crippen LogP contribution in [0.15, 0.2) is 55.2 Å². The summed E-state index contributed by atoms with van der Waals surface area (Å²) < 4.78 is 14.6. The van der Waals surface area contributed by atoms with Gasteiger partial charge in [-0.25, -0.2) is 23.9 Å². The Morgan fingerprint density at radius 2 is 1.79 bits per heavy atom. The Morgan fingerprint density at radius 3 is 2.39 bits per heavy atom. The molecule has 10 heteroatoms. The van der Waals surface area contributed by atoms with Crippen LogP contribution in [0, 0.1) is 5.82 Å². The van der Waals surface area contributed by atoms with E-state index in [4.69, 9.17) is 0 Å². The Labute approximate surface area is 221 Å². The molecule has 0 N–H and O–H groups in total. The summed E-state index contributed by atoms with van der Waals surface area (Å²) in [5.41, 5.74) is 4.15. The van der Waals surface area contributed by atoms with E-state index in [1.165, 1.54) is 18.5 Å². The summed E-state index contributed by atoms with van der Waals surface area (Å²) in [6.07, 6.45) is 6.88. The van der Waals surface area contributed by atoms with Crippen LogP contribution in [-0.4, -0.2) is 78.8 Å². The highest BCUT2D eigenvalue weighted by Crippen LogP contribution is 2.26. The molecule has 38 heavy (non-hydrogen) atoms. The van der Waals surface area contributed by atoms with Crippen molar-refractivity contribution in [3.8, 4) is 11.3 Å². The van der Waals surface area contributed by atoms with E-state index in [-0.39, 0.29) is 23.2 Å². The van der Waals surface area contributed by atoms with Gasteiger partial charge in [-0.05, 0) is 57.1 Å². The predicted molar refractivity (Wildman–Crippen MR) is 143 cm³/mol. The molecule has 1 aliphatic rings. The lowest BCUT2D eigenvalue weighted by Crippen LogP contribution is -2.58. The molecule has 4 heterocycles. The van der Waals surface area contributed by atoms with E-state index in [2.05, 4.69) is 59.7 Å². The second-order valence-corrected chi connectivity index (χ2v) is 10.3. The van der Waals surface area contributed by atoms with Crippen LogP contribution < -0.4 is 0 Å². The molecular weight excluding hydrogens is 485 g/mol. The number of rotatable bonds is 4. The van der Waals surface area contributed by atoms with Crippen LogP contribution in [0.25, 0.3) is 16.9 Å². The van der Waals surface area contributed by atoms with E-state index in [0.717, 1.165) is 36.5 Å². The molecule has 1 saturated heterocycles. The van der Waals surface area contributed by atoms with Crippen LogP contribution >= 0.6 is 0 Å². The number of hydrogen-bond donors (Lipinski definition) is 0. The highest BCUT2D eigenvalue weighted by molar-refractivity contribution is 5.93. The van der Waals surface area contributed by atoms with Crippen LogP contribution in [0.1, 0.15) is 60.0 Å². The Balaban J connectivity index is 0.000000181. The van der Waals surface area contributed by atoms with Gasteiger partial charge in [0.2, 0.25) is 0 Å². The molecule has 1 amide bonds. The predicted octanol–water partition coefficient (Wildman–Crippen LogP) is 4.11. The topological polar surface area (TPSA) is 96.6 Å². The molecule has 9 nitrogen and oxygen atoms in total. The van der Waals surface area contributed by atoms with Crippen molar-refractivity contribution >= 4 is 17.8 Å². The standard InChI is InChI=1S/C16H14FN3O.C12H18N4O/c1-10(2)14-7-15(11-3-5-12(17)6-4-11)19-20-8-13(9-21)18-16(14)20;1-12(2)8-16(5-4-15(12)3)11(17)10-6-13-9-14-7-10/h3-10H,1-2H3;6-7,9H,4-5,8H2,1-3H3. The number of imidazole rings is 1. The van der Waals surface area contributed by atoms with Crippen LogP contribution in [0.5, 0.6) is 0 Å². The SMILES string of the molecule is CC(C)c1cc(-c2ccc(F)cc2)nn2cc(C=O)nc12.CN1CCN(C(=O)c2cncnc2)CC1(C)C. The molecule has 0 radical (unpaired) electrons. The average molecular weight is 518 g/mol. The minimum Gasteiger partial charge on any atom is -0.335 e. The monoisotopic (exact) mass is 517 g/mol. The third-order valence-electron chi connectivity index (χ3n) is 6.77. The third kappa shape index (κ3) is 5.91. The molecule has 5 rings (SSSR count). The van der Waals surface area contributed by atoms with Gasteiger partial charge in [-0.1, -0.05) is 13.8 Å². The van der Waals surface area contributed by atoms with E-state index in [1.54, 1.807) is 35.2 Å². The molecule has 0 bridgehead atoms. The lowest BCUT2D eigenvalue weighted by Gasteiger charge is -2.45. The molecule has 0 unspecified atom stereocenters. The van der Waals surface area contributed by atoms with Crippen LogP contribution in [-0.2, 0) is 0 Å². The molecule has 0 aliphatic carbocycles. The molecule has 198 valence electrons. The van der Waals surface area contributed by atoms with Gasteiger partial charge < -0.3 is 4.90 Å². The highest BCUT2D eigenvalue weighted by atomic mass is 19.1. The number of aromatic nitrogens is 5. The zero-order chi connectivity index (χ0) is 27.4. The third-order valence-corrected chi connectivity index (χ3v) is 6.77. The first-order valence-corrected chi connectivity index (χ1v) is 12.5. The molecule has 0 atom stereocenters. The van der Waals surface area contributed by atoms with Crippen molar-refractivity contribution in [2.75, 3.05) is 26.7 Å². The van der Waals surface area contributed by atoms with Gasteiger partial charge >= 0.3 is 0 Å². The zero-order valence-corrected chi connectivity index (χ0v) is 22.3. The van der Waals surface area contributed by atoms with E-state index < -0.39 is 0 Å². The fourth-order valence-corrected chi connectivity index (χ4v) is 4.27. The summed E-state index contributed by atoms with van der Waals surface area (Å²) in [5, 5.41) is 4.46. The normalized spacial score (nSPS) is 15.3. The van der Waals surface area contributed by atoms with Gasteiger partial charge in [0.25, 0.3) is 5.91 Å². The summed E-state index contributed by atoms with van der Waals surface area (Å²) in [4.78, 5) is 39.3. The number of piperazine rings is 1. The maximum atomic E-state index is 13.0. The first kappa shape index (κ1) is 27.0. The van der Waals surface area contributed by atoms with Crippen LogP contribution in [0.3, 0.4) is 0 Å². The highest BCUT2D eigenvalue weighted by Gasteiger charge is 2.33. The summed E-state index contributed by atoms with van der Waals surface area (Å²) in [6.45, 7) is 10.8. The lowest BCUT2D eigenvalue weighted by molar-refractivity contribution is 0.0311. The average Bonchev–Trinajstić information content (AvgIpc) is 3.34. The number of carbonyl (C=O) groups is 2. The summed E-state index contributed by atoms with van der Waals surface area (Å²) in [7, 11) is 2.09. The number of fused-ring (bicyclic) bond motifs is 1. The number of aldehydes is 1. The summed E-state index contributed by atoms with van der Waals surface area (Å²) >= 11 is 0. The van der Waals surface area contributed by atoms with Gasteiger partial charge in [0.1, 0.15) is 17.8 Å². The Morgan fingerprint density at radius 1 is 1.11 bits per heavy atom. The van der Waals surface area contributed by atoms with Gasteiger partial charge in [0.15, 0.2) is 11.9 Å². The van der Waals surface area contributed by atoms with Crippen LogP contribution in [0.2, 0.25) is 0 Å². The van der Waals surface area contributed by atoms with Gasteiger partial charge in [0.05, 0.1) is 17.5 Å². The van der Waals surface area contributed by atoms with Gasteiger partial charge in [0, 0.05) is 48.7 Å². The van der Waals surface area contributed by atoms with E-state index in [1.807, 2.05) is 11.0 Å². The van der Waals surface area contributed by atoms with Gasteiger partial charge in [-0.15, -0.1) is 0 Å². The maximum absolute atomic E-state index is 13.0. The van der Waals surface area contributed by atoms with E-state index >= 15 is 0 Å². The van der Waals surface area contributed by atoms with Crippen molar-refractivity contribution in [2.24, 2.45) is 0 Å². The number of nitrogens with zero attached hydrogens (tertiary/aromatic N) is 7. The molecule has 3 aromatic heterocycles. The molecule has 0 spiro atoms. The lowest BCUT2D eigenvalue weighted by atomic mass is 9.99. The number of halogens is 1. The Hall–Kier alpha value is -4.05. The second kappa shape index (κ2) is 11.1. The van der Waals surface area contributed by atoms with Crippen molar-refractivity contribution in [1.29, 1.82) is 0 Å². The largest absolute Gasteiger partial charge is 0.335 e. The quantitative estimate of drug-likeness (QED) is 0.376. The Bertz CT molecular complexity index is 1420. The van der Waals surface area contributed by atoms with E-state index in [9.17, 15) is 14.0 Å². The van der Waals surface area contributed by atoms with Crippen molar-refractivity contribution in [1.82, 2.24) is 34.4 Å². The van der Waals surface area contributed by atoms with Gasteiger partial charge in [-0.3, -0.25) is 14.5 Å².